The molecule has 90 valence electrons. The van der Waals surface area contributed by atoms with E-state index in [2.05, 4.69) is 25.5 Å². The third kappa shape index (κ3) is 1.77. The molecule has 3 aromatic rings. The SMILES string of the molecule is Cc1ccc(Nc2ncnc3[nH]ncc23)cc1F. The molecule has 2 N–H and O–H groups in total. The fourth-order valence-electron chi connectivity index (χ4n) is 1.67. The van der Waals surface area contributed by atoms with Gasteiger partial charge in [-0.15, -0.1) is 0 Å². The molecule has 18 heavy (non-hydrogen) atoms. The summed E-state index contributed by atoms with van der Waals surface area (Å²) in [6, 6.07) is 4.95. The average molecular weight is 243 g/mol. The first-order valence-electron chi connectivity index (χ1n) is 5.41. The van der Waals surface area contributed by atoms with Crippen LogP contribution in [0.1, 0.15) is 5.56 Å². The third-order valence-corrected chi connectivity index (χ3v) is 2.68. The maximum atomic E-state index is 13.4. The highest BCUT2D eigenvalue weighted by atomic mass is 19.1. The van der Waals surface area contributed by atoms with Gasteiger partial charge in [-0.1, -0.05) is 6.07 Å². The van der Waals surface area contributed by atoms with E-state index in [1.807, 2.05) is 0 Å². The number of nitrogens with one attached hydrogen (secondary N) is 2. The number of anilines is 2. The monoisotopic (exact) mass is 243 g/mol. The molecule has 0 fully saturated rings. The summed E-state index contributed by atoms with van der Waals surface area (Å²) in [5.41, 5.74) is 1.89. The van der Waals surface area contributed by atoms with Gasteiger partial charge in [0.1, 0.15) is 18.0 Å². The van der Waals surface area contributed by atoms with Crippen molar-refractivity contribution < 1.29 is 4.39 Å². The van der Waals surface area contributed by atoms with E-state index in [0.717, 1.165) is 5.39 Å². The van der Waals surface area contributed by atoms with Gasteiger partial charge < -0.3 is 5.32 Å². The summed E-state index contributed by atoms with van der Waals surface area (Å²) >= 11 is 0. The summed E-state index contributed by atoms with van der Waals surface area (Å²) in [6.07, 6.45) is 3.05. The molecule has 2 aromatic heterocycles. The zero-order chi connectivity index (χ0) is 12.5. The number of benzene rings is 1. The fraction of sp³-hybridized carbons (Fsp3) is 0.0833. The Kier molecular flexibility index (Phi) is 2.40. The van der Waals surface area contributed by atoms with Crippen LogP contribution in [0.5, 0.6) is 0 Å². The van der Waals surface area contributed by atoms with Crippen molar-refractivity contribution in [2.75, 3.05) is 5.32 Å². The minimum Gasteiger partial charge on any atom is -0.339 e. The molecule has 0 saturated heterocycles. The van der Waals surface area contributed by atoms with Crippen LogP contribution in [0.4, 0.5) is 15.9 Å². The summed E-state index contributed by atoms with van der Waals surface area (Å²) in [4.78, 5) is 8.15. The van der Waals surface area contributed by atoms with Gasteiger partial charge in [0, 0.05) is 5.69 Å². The fourth-order valence-corrected chi connectivity index (χ4v) is 1.67. The quantitative estimate of drug-likeness (QED) is 0.725. The van der Waals surface area contributed by atoms with Gasteiger partial charge in [-0.3, -0.25) is 5.10 Å². The van der Waals surface area contributed by atoms with Gasteiger partial charge in [0.15, 0.2) is 5.65 Å². The van der Waals surface area contributed by atoms with E-state index < -0.39 is 0 Å². The number of H-pyrrole nitrogens is 1. The molecule has 0 atom stereocenters. The summed E-state index contributed by atoms with van der Waals surface area (Å²) in [6.45, 7) is 1.72. The summed E-state index contributed by atoms with van der Waals surface area (Å²) in [5.74, 6) is 0.342. The molecule has 0 radical (unpaired) electrons. The summed E-state index contributed by atoms with van der Waals surface area (Å²) in [5, 5.41) is 10.5. The van der Waals surface area contributed by atoms with E-state index in [1.54, 1.807) is 25.3 Å². The molecule has 1 aromatic carbocycles. The number of hydrogen-bond donors (Lipinski definition) is 2. The van der Waals surface area contributed by atoms with E-state index in [1.165, 1.54) is 12.4 Å². The van der Waals surface area contributed by atoms with E-state index in [9.17, 15) is 4.39 Å². The summed E-state index contributed by atoms with van der Waals surface area (Å²) < 4.78 is 13.4. The average Bonchev–Trinajstić information content (AvgIpc) is 2.83. The first kappa shape index (κ1) is 10.6. The van der Waals surface area contributed by atoms with Gasteiger partial charge in [0.05, 0.1) is 11.6 Å². The Labute approximate surface area is 102 Å². The van der Waals surface area contributed by atoms with Crippen molar-refractivity contribution in [1.29, 1.82) is 0 Å². The maximum Gasteiger partial charge on any atom is 0.160 e. The molecule has 6 heteroatoms. The smallest absolute Gasteiger partial charge is 0.160 e. The third-order valence-electron chi connectivity index (χ3n) is 2.68. The van der Waals surface area contributed by atoms with E-state index in [-0.39, 0.29) is 5.82 Å². The Morgan fingerprint density at radius 1 is 1.28 bits per heavy atom. The molecular formula is C12H10FN5. The number of rotatable bonds is 2. The Morgan fingerprint density at radius 3 is 3.00 bits per heavy atom. The van der Waals surface area contributed by atoms with Crippen LogP contribution in [0.15, 0.2) is 30.7 Å². The number of hydrogen-bond acceptors (Lipinski definition) is 4. The van der Waals surface area contributed by atoms with Gasteiger partial charge in [0.25, 0.3) is 0 Å². The Hall–Kier alpha value is -2.50. The van der Waals surface area contributed by atoms with Crippen LogP contribution < -0.4 is 5.32 Å². The van der Waals surface area contributed by atoms with Crippen molar-refractivity contribution in [3.8, 4) is 0 Å². The van der Waals surface area contributed by atoms with Gasteiger partial charge in [-0.05, 0) is 24.6 Å². The molecule has 0 unspecified atom stereocenters. The van der Waals surface area contributed by atoms with Crippen molar-refractivity contribution in [1.82, 2.24) is 20.2 Å². The van der Waals surface area contributed by atoms with Crippen LogP contribution in [0.2, 0.25) is 0 Å². The molecule has 2 heterocycles. The molecule has 0 aliphatic carbocycles. The van der Waals surface area contributed by atoms with Crippen molar-refractivity contribution in [2.45, 2.75) is 6.92 Å². The first-order valence-corrected chi connectivity index (χ1v) is 5.41. The second-order valence-corrected chi connectivity index (χ2v) is 3.94. The number of aromatic amines is 1. The Morgan fingerprint density at radius 2 is 2.17 bits per heavy atom. The zero-order valence-electron chi connectivity index (χ0n) is 9.61. The van der Waals surface area contributed by atoms with E-state index in [4.69, 9.17) is 0 Å². The number of halogens is 1. The van der Waals surface area contributed by atoms with E-state index >= 15 is 0 Å². The Bertz CT molecular complexity index is 707. The standard InChI is InChI=1S/C12H10FN5/c1-7-2-3-8(4-10(7)13)17-11-9-5-16-18-12(9)15-6-14-11/h2-6H,1H3,(H2,14,15,16,17,18). The van der Waals surface area contributed by atoms with Crippen LogP contribution >= 0.6 is 0 Å². The van der Waals surface area contributed by atoms with Gasteiger partial charge in [-0.25, -0.2) is 14.4 Å². The van der Waals surface area contributed by atoms with Crippen molar-refractivity contribution in [3.63, 3.8) is 0 Å². The molecule has 0 saturated carbocycles. The Balaban J connectivity index is 2.01. The lowest BCUT2D eigenvalue weighted by atomic mass is 10.2. The second-order valence-electron chi connectivity index (χ2n) is 3.94. The maximum absolute atomic E-state index is 13.4. The number of aromatic nitrogens is 4. The highest BCUT2D eigenvalue weighted by molar-refractivity contribution is 5.87. The molecule has 5 nitrogen and oxygen atoms in total. The summed E-state index contributed by atoms with van der Waals surface area (Å²) in [7, 11) is 0. The molecular weight excluding hydrogens is 233 g/mol. The van der Waals surface area contributed by atoms with Crippen molar-refractivity contribution in [2.24, 2.45) is 0 Å². The largest absolute Gasteiger partial charge is 0.339 e. The van der Waals surface area contributed by atoms with Crippen LogP contribution in [-0.4, -0.2) is 20.2 Å². The molecule has 0 spiro atoms. The lowest BCUT2D eigenvalue weighted by molar-refractivity contribution is 0.619. The van der Waals surface area contributed by atoms with Gasteiger partial charge in [-0.2, -0.15) is 5.10 Å². The molecule has 0 amide bonds. The highest BCUT2D eigenvalue weighted by Crippen LogP contribution is 2.22. The number of aryl methyl sites for hydroxylation is 1. The minimum absolute atomic E-state index is 0.252. The van der Waals surface area contributed by atoms with Crippen molar-refractivity contribution in [3.05, 3.63) is 42.1 Å². The predicted octanol–water partition coefficient (Wildman–Crippen LogP) is 2.54. The first-order chi connectivity index (χ1) is 8.74. The molecule has 0 aliphatic rings. The highest BCUT2D eigenvalue weighted by Gasteiger charge is 2.06. The van der Waals surface area contributed by atoms with Gasteiger partial charge >= 0.3 is 0 Å². The molecule has 0 aliphatic heterocycles. The molecule has 3 rings (SSSR count). The van der Waals surface area contributed by atoms with Crippen LogP contribution in [-0.2, 0) is 0 Å². The number of fused-ring (bicyclic) bond motifs is 1. The van der Waals surface area contributed by atoms with Crippen LogP contribution in [0.3, 0.4) is 0 Å². The van der Waals surface area contributed by atoms with Crippen LogP contribution in [0, 0.1) is 12.7 Å². The minimum atomic E-state index is -0.252. The molecule has 0 bridgehead atoms. The van der Waals surface area contributed by atoms with Gasteiger partial charge in [0.2, 0.25) is 0 Å². The lowest BCUT2D eigenvalue weighted by Gasteiger charge is -2.06. The predicted molar refractivity (Wildman–Crippen MR) is 66.1 cm³/mol. The number of nitrogens with zero attached hydrogens (tertiary/aromatic N) is 3. The topological polar surface area (TPSA) is 66.5 Å². The lowest BCUT2D eigenvalue weighted by Crippen LogP contribution is -1.96. The van der Waals surface area contributed by atoms with E-state index in [0.29, 0.717) is 22.7 Å². The normalized spacial score (nSPS) is 10.8. The van der Waals surface area contributed by atoms with Crippen molar-refractivity contribution >= 4 is 22.5 Å². The second kappa shape index (κ2) is 4.06. The van der Waals surface area contributed by atoms with Crippen LogP contribution in [0.25, 0.3) is 11.0 Å². The zero-order valence-corrected chi connectivity index (χ0v) is 9.61.